The summed E-state index contributed by atoms with van der Waals surface area (Å²) in [6.45, 7) is 5.63. The highest BCUT2D eigenvalue weighted by molar-refractivity contribution is 7.73. The molecule has 0 aliphatic carbocycles. The number of thiol groups is 1. The van der Waals surface area contributed by atoms with Gasteiger partial charge in [0.15, 0.2) is 10.7 Å². The topological polar surface area (TPSA) is 60.4 Å². The van der Waals surface area contributed by atoms with E-state index in [9.17, 15) is 13.2 Å². The van der Waals surface area contributed by atoms with E-state index in [1.54, 1.807) is 6.92 Å². The van der Waals surface area contributed by atoms with Gasteiger partial charge in [0.25, 0.3) is 0 Å². The Hall–Kier alpha value is -0.580. The third-order valence-electron chi connectivity index (χ3n) is 2.60. The van der Waals surface area contributed by atoms with Crippen LogP contribution in [0.2, 0.25) is 0 Å². The fraction of sp³-hybridized carbons (Fsp3) is 0.909. The number of carbonyl (C=O) groups is 1. The molecular formula is C11H22O4S. The second-order valence-corrected chi connectivity index (χ2v) is 4.91. The maximum absolute atomic E-state index is 11.1. The van der Waals surface area contributed by atoms with Gasteiger partial charge in [-0.3, -0.25) is 4.79 Å². The van der Waals surface area contributed by atoms with Gasteiger partial charge in [-0.05, 0) is 12.8 Å². The molecule has 16 heavy (non-hydrogen) atoms. The van der Waals surface area contributed by atoms with Gasteiger partial charge >= 0.3 is 5.97 Å². The lowest BCUT2D eigenvalue weighted by Crippen LogP contribution is -2.28. The van der Waals surface area contributed by atoms with Crippen molar-refractivity contribution in [1.82, 2.24) is 0 Å². The first-order chi connectivity index (χ1) is 7.56. The number of esters is 1. The molecule has 0 aromatic carbocycles. The van der Waals surface area contributed by atoms with Crippen LogP contribution in [0.3, 0.4) is 0 Å². The average molecular weight is 250 g/mol. The monoisotopic (exact) mass is 250 g/mol. The lowest BCUT2D eigenvalue weighted by atomic mass is 10.0. The second kappa shape index (κ2) is 8.56. The number of carbonyl (C=O) groups excluding carboxylic acids is 1. The molecule has 0 fully saturated rings. The summed E-state index contributed by atoms with van der Waals surface area (Å²) in [5.41, 5.74) is -0.945. The molecule has 0 radical (unpaired) electrons. The van der Waals surface area contributed by atoms with E-state index < -0.39 is 22.1 Å². The van der Waals surface area contributed by atoms with Gasteiger partial charge in [0.05, 0.1) is 0 Å². The van der Waals surface area contributed by atoms with Crippen LogP contribution in [0.1, 0.15) is 52.9 Å². The van der Waals surface area contributed by atoms with E-state index in [-0.39, 0.29) is 12.3 Å². The Morgan fingerprint density at radius 3 is 2.25 bits per heavy atom. The zero-order valence-corrected chi connectivity index (χ0v) is 11.2. The molecule has 0 aromatic heterocycles. The first kappa shape index (κ1) is 15.4. The van der Waals surface area contributed by atoms with Crippen LogP contribution >= 0.6 is 0 Å². The quantitative estimate of drug-likeness (QED) is 0.529. The van der Waals surface area contributed by atoms with Gasteiger partial charge in [0.2, 0.25) is 5.44 Å². The fourth-order valence-electron chi connectivity index (χ4n) is 1.54. The molecule has 0 saturated heterocycles. The largest absolute Gasteiger partial charge is 0.446 e. The first-order valence-electron chi connectivity index (χ1n) is 5.89. The highest BCUT2D eigenvalue weighted by atomic mass is 32.2. The lowest BCUT2D eigenvalue weighted by molar-refractivity contribution is -0.146. The predicted octanol–water partition coefficient (Wildman–Crippen LogP) is 2.09. The van der Waals surface area contributed by atoms with E-state index in [0.29, 0.717) is 6.42 Å². The van der Waals surface area contributed by atoms with Crippen molar-refractivity contribution in [2.24, 2.45) is 5.92 Å². The highest BCUT2D eigenvalue weighted by Crippen LogP contribution is 2.20. The minimum absolute atomic E-state index is 0.0726. The molecule has 0 heterocycles. The third-order valence-corrected chi connectivity index (χ3v) is 3.55. The maximum Gasteiger partial charge on any atom is 0.306 e. The van der Waals surface area contributed by atoms with Crippen LogP contribution in [0.15, 0.2) is 0 Å². The van der Waals surface area contributed by atoms with Crippen molar-refractivity contribution in [2.75, 3.05) is 0 Å². The zero-order chi connectivity index (χ0) is 12.6. The summed E-state index contributed by atoms with van der Waals surface area (Å²) >= 11 is 0. The van der Waals surface area contributed by atoms with E-state index in [4.69, 9.17) is 4.74 Å². The van der Waals surface area contributed by atoms with Gasteiger partial charge in [-0.2, -0.15) is 0 Å². The Labute approximate surface area is 99.3 Å². The molecule has 2 atom stereocenters. The fourth-order valence-corrected chi connectivity index (χ4v) is 2.45. The summed E-state index contributed by atoms with van der Waals surface area (Å²) in [5.74, 6) is -0.518. The van der Waals surface area contributed by atoms with Crippen LogP contribution < -0.4 is 0 Å². The standard InChI is InChI=1S/C11H22O4S/c1-4-7-8-9(5-2)11(16(13)14)15-10(12)6-3/h9,11,16H,4-8H2,1-3H3. The van der Waals surface area contributed by atoms with Gasteiger partial charge in [0.1, 0.15) is 0 Å². The van der Waals surface area contributed by atoms with Gasteiger partial charge in [-0.1, -0.05) is 33.6 Å². The Morgan fingerprint density at radius 1 is 1.25 bits per heavy atom. The Morgan fingerprint density at radius 2 is 1.88 bits per heavy atom. The molecule has 5 heteroatoms. The Balaban J connectivity index is 4.52. The van der Waals surface area contributed by atoms with Crippen LogP contribution in [-0.4, -0.2) is 19.8 Å². The van der Waals surface area contributed by atoms with Crippen molar-refractivity contribution >= 4 is 16.7 Å². The summed E-state index contributed by atoms with van der Waals surface area (Å²) in [6.07, 6.45) is 3.69. The van der Waals surface area contributed by atoms with Crippen molar-refractivity contribution < 1.29 is 17.9 Å². The number of hydrogen-bond acceptors (Lipinski definition) is 4. The first-order valence-corrected chi connectivity index (χ1v) is 7.14. The molecule has 0 saturated carbocycles. The molecule has 0 amide bonds. The van der Waals surface area contributed by atoms with Gasteiger partial charge < -0.3 is 4.74 Å². The molecule has 0 bridgehead atoms. The van der Waals surface area contributed by atoms with Crippen LogP contribution in [0.25, 0.3) is 0 Å². The SMILES string of the molecule is CCCCC(CC)C(OC(=O)CC)[SH](=O)=O. The summed E-state index contributed by atoms with van der Waals surface area (Å²) in [5, 5.41) is 0. The third kappa shape index (κ3) is 5.49. The van der Waals surface area contributed by atoms with Gasteiger partial charge in [-0.25, -0.2) is 8.42 Å². The van der Waals surface area contributed by atoms with Crippen molar-refractivity contribution in [3.63, 3.8) is 0 Å². The molecule has 0 N–H and O–H groups in total. The molecule has 2 unspecified atom stereocenters. The van der Waals surface area contributed by atoms with E-state index in [1.165, 1.54) is 0 Å². The molecular weight excluding hydrogens is 228 g/mol. The number of hydrogen-bond donors (Lipinski definition) is 1. The molecule has 0 rings (SSSR count). The molecule has 0 aliphatic heterocycles. The van der Waals surface area contributed by atoms with Crippen molar-refractivity contribution in [3.8, 4) is 0 Å². The minimum Gasteiger partial charge on any atom is -0.446 e. The average Bonchev–Trinajstić information content (AvgIpc) is 2.27. The maximum atomic E-state index is 11.1. The molecule has 0 aliphatic rings. The molecule has 0 aromatic rings. The van der Waals surface area contributed by atoms with Gasteiger partial charge in [0, 0.05) is 12.3 Å². The predicted molar refractivity (Wildman–Crippen MR) is 63.8 cm³/mol. The van der Waals surface area contributed by atoms with E-state index >= 15 is 0 Å². The van der Waals surface area contributed by atoms with E-state index in [1.807, 2.05) is 6.92 Å². The summed E-state index contributed by atoms with van der Waals surface area (Å²) in [4.78, 5) is 11.1. The number of ether oxygens (including phenoxy) is 1. The van der Waals surface area contributed by atoms with Gasteiger partial charge in [-0.15, -0.1) is 0 Å². The Bertz CT molecular complexity index is 265. The lowest BCUT2D eigenvalue weighted by Gasteiger charge is -2.21. The van der Waals surface area contributed by atoms with Crippen molar-refractivity contribution in [2.45, 2.75) is 58.3 Å². The smallest absolute Gasteiger partial charge is 0.306 e. The van der Waals surface area contributed by atoms with E-state index in [2.05, 4.69) is 6.92 Å². The second-order valence-electron chi connectivity index (χ2n) is 3.83. The summed E-state index contributed by atoms with van der Waals surface area (Å²) in [7, 11) is -2.71. The minimum atomic E-state index is -2.71. The van der Waals surface area contributed by atoms with Crippen LogP contribution in [0.4, 0.5) is 0 Å². The van der Waals surface area contributed by atoms with Crippen molar-refractivity contribution in [3.05, 3.63) is 0 Å². The number of unbranched alkanes of at least 4 members (excludes halogenated alkanes) is 1. The normalized spacial score (nSPS) is 14.8. The highest BCUT2D eigenvalue weighted by Gasteiger charge is 2.25. The van der Waals surface area contributed by atoms with E-state index in [0.717, 1.165) is 19.3 Å². The molecule has 4 nitrogen and oxygen atoms in total. The Kier molecular flexibility index (Phi) is 8.25. The number of rotatable bonds is 8. The van der Waals surface area contributed by atoms with Crippen LogP contribution in [0, 0.1) is 5.92 Å². The van der Waals surface area contributed by atoms with Crippen LogP contribution in [0.5, 0.6) is 0 Å². The molecule has 96 valence electrons. The zero-order valence-electron chi connectivity index (χ0n) is 10.3. The summed E-state index contributed by atoms with van der Waals surface area (Å²) < 4.78 is 27.1. The summed E-state index contributed by atoms with van der Waals surface area (Å²) in [6, 6.07) is 0. The van der Waals surface area contributed by atoms with Crippen molar-refractivity contribution in [1.29, 1.82) is 0 Å². The molecule has 0 spiro atoms. The van der Waals surface area contributed by atoms with Crippen LogP contribution in [-0.2, 0) is 20.2 Å².